The van der Waals surface area contributed by atoms with Crippen molar-refractivity contribution in [3.05, 3.63) is 233 Å². The number of nitrogens with two attached hydrogens (primary N) is 3. The number of amides is 12. The lowest BCUT2D eigenvalue weighted by Crippen LogP contribution is -2.71. The maximum atomic E-state index is 14.2. The number of imide groups is 3. The SMILES string of the molecule is CC[C@@H](NC(=O)N1C(=O)[C@H](Cc2ccnc(N)c2)[C@H]1C(=O)N(C)c1ccccc1)c1ccc(C)c(F)c1.CC[C@@H](NC(=O)N1C(=O)[C@H](Cc2ccnc(N)c2)[C@H]1C(=O)N(C)c1ccccc1)c1ccc(C)cc1.C[C@@H](NC(=O)N1C(=O)[C@H](Cc2ccnc(N)c2)[C@H]1C(=O)N(C)c1ccccc1)C1CCCCC1. The maximum absolute atomic E-state index is 14.2. The zero-order valence-electron chi connectivity index (χ0n) is 61.6. The molecule has 107 heavy (non-hydrogen) atoms. The number of para-hydroxylation sites is 3. The zero-order chi connectivity index (χ0) is 76.8. The van der Waals surface area contributed by atoms with Gasteiger partial charge in [0, 0.05) is 62.8 Å². The summed E-state index contributed by atoms with van der Waals surface area (Å²) in [5.41, 5.74) is 24.9. The van der Waals surface area contributed by atoms with Crippen molar-refractivity contribution in [2.24, 2.45) is 23.7 Å². The van der Waals surface area contributed by atoms with Gasteiger partial charge in [0.2, 0.25) is 17.7 Å². The van der Waals surface area contributed by atoms with E-state index in [1.54, 1.807) is 113 Å². The van der Waals surface area contributed by atoms with E-state index in [-0.39, 0.29) is 60.3 Å². The lowest BCUT2D eigenvalue weighted by Gasteiger charge is -2.46. The van der Waals surface area contributed by atoms with Gasteiger partial charge in [0.1, 0.15) is 41.4 Å². The number of halogens is 1. The molecule has 1 aliphatic carbocycles. The standard InChI is InChI=1S/C28H30FN5O3.C28H31N5O3.C26H33N5O3/c1-4-23(19-11-10-17(2)22(29)16-19)32-28(37)34-25(27(36)33(3)20-8-6-5-7-9-20)21(26(34)35)14-18-12-13-31-24(30)15-18;1-4-23(20-12-10-18(2)11-13-20)31-28(36)33-25(27(35)32(3)21-8-6-5-7-9-21)22(26(33)34)16-19-14-15-30-24(29)17-19;1-17(19-9-5-3-6-10-19)29-26(34)31-23(25(33)30(2)20-11-7-4-8-12-20)21(24(31)32)15-18-13-14-28-22(27)16-18/h5-13,15-16,21,23,25H,4,14H2,1-3H3,(H2,30,31)(H,32,37);5-15,17,22-23,25H,4,16H2,1-3H3,(H2,29,30)(H,31,36);4,7-8,11-14,16-17,19,21,23H,3,5-6,9-10,15H2,1-2H3,(H2,27,28)(H,29,34)/t21-,23-,25+;22-,23-,25+;17-,21-,23+/m111/s1. The molecule has 8 aromatic rings. The van der Waals surface area contributed by atoms with Gasteiger partial charge in [-0.3, -0.25) is 43.5 Å². The molecular formula is C82H94FN15O9. The van der Waals surface area contributed by atoms with Gasteiger partial charge >= 0.3 is 18.1 Å². The quantitative estimate of drug-likeness (QED) is 0.0386. The van der Waals surface area contributed by atoms with Crippen LogP contribution in [0, 0.1) is 43.3 Å². The van der Waals surface area contributed by atoms with E-state index in [0.29, 0.717) is 70.8 Å². The van der Waals surface area contributed by atoms with Crippen LogP contribution in [0.1, 0.15) is 117 Å². The van der Waals surface area contributed by atoms with Gasteiger partial charge < -0.3 is 47.9 Å². The van der Waals surface area contributed by atoms with Gasteiger partial charge in [0.05, 0.1) is 29.8 Å². The summed E-state index contributed by atoms with van der Waals surface area (Å²) in [7, 11) is 4.93. The Balaban J connectivity index is 0.000000172. The molecule has 6 heterocycles. The van der Waals surface area contributed by atoms with Crippen LogP contribution in [-0.2, 0) is 48.0 Å². The number of β-lactam (4-membered cyclic amide) rings is 3. The number of nitrogens with zero attached hydrogens (tertiary/aromatic N) is 9. The van der Waals surface area contributed by atoms with Gasteiger partial charge in [0.15, 0.2) is 0 Å². The second-order valence-electron chi connectivity index (χ2n) is 27.7. The highest BCUT2D eigenvalue weighted by atomic mass is 19.1. The Morgan fingerprint density at radius 2 is 0.804 bits per heavy atom. The Hall–Kier alpha value is -11.9. The number of pyridine rings is 3. The second kappa shape index (κ2) is 35.3. The molecule has 0 bridgehead atoms. The number of carbonyl (C=O) groups is 9. The van der Waals surface area contributed by atoms with Gasteiger partial charge in [-0.1, -0.05) is 130 Å². The minimum absolute atomic E-state index is 0.0535. The Morgan fingerprint density at radius 3 is 1.14 bits per heavy atom. The lowest BCUT2D eigenvalue weighted by molar-refractivity contribution is -0.156. The summed E-state index contributed by atoms with van der Waals surface area (Å²) in [5.74, 6) is -3.26. The van der Waals surface area contributed by atoms with Crippen molar-refractivity contribution in [2.45, 2.75) is 135 Å². The third-order valence-corrected chi connectivity index (χ3v) is 20.6. The van der Waals surface area contributed by atoms with Crippen molar-refractivity contribution in [1.29, 1.82) is 0 Å². The minimum atomic E-state index is -1.01. The first-order valence-electron chi connectivity index (χ1n) is 36.2. The number of rotatable bonds is 20. The smallest absolute Gasteiger partial charge is 0.325 e. The minimum Gasteiger partial charge on any atom is -0.384 e. The van der Waals surface area contributed by atoms with Crippen LogP contribution in [-0.4, -0.2) is 128 Å². The van der Waals surface area contributed by atoms with Crippen molar-refractivity contribution < 1.29 is 47.5 Å². The van der Waals surface area contributed by atoms with Crippen LogP contribution in [0.25, 0.3) is 0 Å². The van der Waals surface area contributed by atoms with Crippen LogP contribution in [0.3, 0.4) is 0 Å². The number of aryl methyl sites for hydroxylation is 2. The summed E-state index contributed by atoms with van der Waals surface area (Å²) in [6.07, 6.45) is 12.3. The van der Waals surface area contributed by atoms with E-state index in [2.05, 4.69) is 30.9 Å². The highest BCUT2D eigenvalue weighted by molar-refractivity contribution is 6.15. The molecule has 558 valence electrons. The van der Waals surface area contributed by atoms with Gasteiger partial charge in [-0.15, -0.1) is 0 Å². The number of nitrogens with one attached hydrogen (secondary N) is 3. The molecule has 9 N–H and O–H groups in total. The number of likely N-dealkylation sites (tertiary alicyclic amines) is 3. The summed E-state index contributed by atoms with van der Waals surface area (Å²) in [6.45, 7) is 9.46. The monoisotopic (exact) mass is 1450 g/mol. The van der Waals surface area contributed by atoms with Crippen LogP contribution in [0.2, 0.25) is 0 Å². The van der Waals surface area contributed by atoms with E-state index in [0.717, 1.165) is 68.2 Å². The highest BCUT2D eigenvalue weighted by Crippen LogP contribution is 2.38. The van der Waals surface area contributed by atoms with Gasteiger partial charge in [-0.25, -0.2) is 33.7 Å². The fourth-order valence-electron chi connectivity index (χ4n) is 14.2. The summed E-state index contributed by atoms with van der Waals surface area (Å²) in [5, 5.41) is 8.78. The number of anilines is 6. The fourth-order valence-corrected chi connectivity index (χ4v) is 14.2. The van der Waals surface area contributed by atoms with Crippen molar-refractivity contribution in [3.63, 3.8) is 0 Å². The molecule has 25 heteroatoms. The van der Waals surface area contributed by atoms with Crippen LogP contribution >= 0.6 is 0 Å². The molecule has 3 aliphatic heterocycles. The van der Waals surface area contributed by atoms with Crippen LogP contribution in [0.5, 0.6) is 0 Å². The van der Waals surface area contributed by atoms with Gasteiger partial charge in [0.25, 0.3) is 17.7 Å². The number of carbonyl (C=O) groups excluding carboxylic acids is 9. The third kappa shape index (κ3) is 18.3. The Bertz CT molecular complexity index is 4500. The highest BCUT2D eigenvalue weighted by Gasteiger charge is 2.58. The topological polar surface area (TPSA) is 326 Å². The van der Waals surface area contributed by atoms with Crippen molar-refractivity contribution in [3.8, 4) is 0 Å². The molecule has 5 aromatic carbocycles. The van der Waals surface area contributed by atoms with E-state index in [4.69, 9.17) is 17.2 Å². The third-order valence-electron chi connectivity index (χ3n) is 20.6. The van der Waals surface area contributed by atoms with E-state index in [1.807, 2.05) is 119 Å². The number of likely N-dealkylation sites (N-methyl/N-ethyl adjacent to an activating group) is 3. The Labute approximate surface area is 623 Å². The normalized spacial score (nSPS) is 18.9. The molecule has 24 nitrogen and oxygen atoms in total. The second-order valence-corrected chi connectivity index (χ2v) is 27.7. The summed E-state index contributed by atoms with van der Waals surface area (Å²) < 4.78 is 14.2. The number of aromatic nitrogens is 3. The maximum Gasteiger partial charge on any atom is 0.325 e. The van der Waals surface area contributed by atoms with Gasteiger partial charge in [-0.05, 0) is 184 Å². The molecule has 3 aromatic heterocycles. The predicted octanol–water partition coefficient (Wildman–Crippen LogP) is 11.2. The number of nitrogen functional groups attached to an aromatic ring is 3. The average Bonchev–Trinajstić information content (AvgIpc) is 0.753. The van der Waals surface area contributed by atoms with E-state index >= 15 is 0 Å². The molecule has 0 unspecified atom stereocenters. The molecule has 3 saturated heterocycles. The Morgan fingerprint density at radius 1 is 0.467 bits per heavy atom. The molecule has 4 aliphatic rings. The zero-order valence-corrected chi connectivity index (χ0v) is 61.6. The average molecular weight is 1450 g/mol. The van der Waals surface area contributed by atoms with E-state index in [9.17, 15) is 47.5 Å². The van der Waals surface area contributed by atoms with Crippen molar-refractivity contribution in [2.75, 3.05) is 53.0 Å². The first kappa shape index (κ1) is 77.7. The van der Waals surface area contributed by atoms with Crippen molar-refractivity contribution in [1.82, 2.24) is 45.6 Å². The molecule has 4 fully saturated rings. The number of benzene rings is 5. The molecule has 0 radical (unpaired) electrons. The van der Waals surface area contributed by atoms with Crippen molar-refractivity contribution >= 4 is 88.1 Å². The first-order valence-corrected chi connectivity index (χ1v) is 36.2. The molecular weight excluding hydrogens is 1360 g/mol. The fraction of sp³-hybridized carbons (Fsp3) is 0.341. The first-order chi connectivity index (χ1) is 51.4. The van der Waals surface area contributed by atoms with Crippen LogP contribution in [0.4, 0.5) is 53.3 Å². The lowest BCUT2D eigenvalue weighted by atomic mass is 9.81. The largest absolute Gasteiger partial charge is 0.384 e. The molecule has 12 rings (SSSR count). The predicted molar refractivity (Wildman–Crippen MR) is 409 cm³/mol. The number of urea groups is 3. The van der Waals surface area contributed by atoms with Crippen LogP contribution in [0.15, 0.2) is 188 Å². The van der Waals surface area contributed by atoms with E-state index in [1.165, 1.54) is 33.4 Å². The summed E-state index contributed by atoms with van der Waals surface area (Å²) in [4.78, 5) is 140. The molecule has 1 saturated carbocycles. The van der Waals surface area contributed by atoms with E-state index < -0.39 is 65.9 Å². The summed E-state index contributed by atoms with van der Waals surface area (Å²) in [6, 6.07) is 44.9. The van der Waals surface area contributed by atoms with Crippen LogP contribution < -0.4 is 47.9 Å². The van der Waals surface area contributed by atoms with Gasteiger partial charge in [-0.2, -0.15) is 0 Å². The molecule has 9 atom stereocenters. The number of hydrogen-bond donors (Lipinski definition) is 6. The Kier molecular flexibility index (Phi) is 25.6. The molecule has 0 spiro atoms. The summed E-state index contributed by atoms with van der Waals surface area (Å²) >= 11 is 0. The number of hydrogen-bond acceptors (Lipinski definition) is 15. The molecule has 12 amide bonds.